The van der Waals surface area contributed by atoms with Crippen LogP contribution in [0.15, 0.2) is 11.1 Å². The summed E-state index contributed by atoms with van der Waals surface area (Å²) < 4.78 is 10.4. The second-order valence-corrected chi connectivity index (χ2v) is 12.1. The Hall–Kier alpha value is -1.98. The van der Waals surface area contributed by atoms with E-state index in [0.29, 0.717) is 25.7 Å². The van der Waals surface area contributed by atoms with Gasteiger partial charge in [0.2, 0.25) is 0 Å². The lowest BCUT2D eigenvalue weighted by molar-refractivity contribution is -0.180. The zero-order valence-corrected chi connectivity index (χ0v) is 22.3. The van der Waals surface area contributed by atoms with Gasteiger partial charge in [-0.2, -0.15) is 0 Å². The fourth-order valence-corrected chi connectivity index (χ4v) is 8.84. The molecule has 0 saturated heterocycles. The Labute approximate surface area is 209 Å². The van der Waals surface area contributed by atoms with Gasteiger partial charge < -0.3 is 9.47 Å². The molecule has 194 valence electrons. The molecular weight excluding hydrogens is 444 g/mol. The van der Waals surface area contributed by atoms with Crippen molar-refractivity contribution in [3.05, 3.63) is 11.1 Å². The predicted octanol–water partition coefficient (Wildman–Crippen LogP) is 5.22. The van der Waals surface area contributed by atoms with Crippen molar-refractivity contribution in [3.8, 4) is 0 Å². The summed E-state index contributed by atoms with van der Waals surface area (Å²) in [6.07, 6.45) is 6.12. The Bertz CT molecular complexity index is 949. The molecule has 0 spiro atoms. The lowest BCUT2D eigenvalue weighted by atomic mass is 9.42. The average Bonchev–Trinajstić information content (AvgIpc) is 3.14. The molecule has 0 amide bonds. The molecule has 8 atom stereocenters. The molecule has 4 fully saturated rings. The van der Waals surface area contributed by atoms with Gasteiger partial charge in [0, 0.05) is 37.5 Å². The van der Waals surface area contributed by atoms with E-state index in [1.54, 1.807) is 0 Å². The number of fused-ring (bicyclic) bond motifs is 5. The van der Waals surface area contributed by atoms with Gasteiger partial charge in [0.15, 0.2) is 0 Å². The molecule has 0 heterocycles. The number of ketones is 2. The molecule has 0 bridgehead atoms. The maximum Gasteiger partial charge on any atom is 0.305 e. The van der Waals surface area contributed by atoms with Crippen molar-refractivity contribution in [1.82, 2.24) is 0 Å². The van der Waals surface area contributed by atoms with Crippen LogP contribution in [0.4, 0.5) is 0 Å². The molecule has 4 aliphatic rings. The fourth-order valence-electron chi connectivity index (χ4n) is 8.84. The molecule has 4 saturated carbocycles. The topological polar surface area (TPSA) is 86.7 Å². The third kappa shape index (κ3) is 4.19. The number of methoxy groups -OCH3 is 1. The van der Waals surface area contributed by atoms with Gasteiger partial charge in [0.05, 0.1) is 7.11 Å². The maximum atomic E-state index is 14.1. The van der Waals surface area contributed by atoms with Gasteiger partial charge in [0.25, 0.3) is 0 Å². The maximum absolute atomic E-state index is 14.1. The highest BCUT2D eigenvalue weighted by Gasteiger charge is 2.67. The minimum absolute atomic E-state index is 0.0749. The van der Waals surface area contributed by atoms with Gasteiger partial charge in [0.1, 0.15) is 17.7 Å². The Morgan fingerprint density at radius 3 is 2.40 bits per heavy atom. The number of hydrogen-bond acceptors (Lipinski definition) is 6. The molecule has 0 aliphatic heterocycles. The van der Waals surface area contributed by atoms with E-state index in [1.165, 1.54) is 25.2 Å². The van der Waals surface area contributed by atoms with Gasteiger partial charge in [-0.1, -0.05) is 31.9 Å². The third-order valence-corrected chi connectivity index (χ3v) is 10.4. The second-order valence-electron chi connectivity index (χ2n) is 12.1. The standard InChI is InChI=1S/C29H42O6/c1-7-19-22-14-18(35-17(3)30)12-13-28(22,4)26-23(31)15-29(5)20(16(2)8-11-24(32)34-6)9-10-21(29)25(26)27(19)33/h18-19,21-22,25-26H,7-15H2,1-6H3/b20-16+/t18-,19-,21?,22+,25?,26?,28+,29-/m1/s1. The monoisotopic (exact) mass is 486 g/mol. The van der Waals surface area contributed by atoms with Crippen molar-refractivity contribution in [2.24, 2.45) is 40.4 Å². The molecular formula is C29H42O6. The van der Waals surface area contributed by atoms with Crippen LogP contribution in [0.5, 0.6) is 0 Å². The van der Waals surface area contributed by atoms with E-state index in [1.807, 2.05) is 0 Å². The van der Waals surface area contributed by atoms with Crippen LogP contribution in [-0.2, 0) is 28.7 Å². The highest BCUT2D eigenvalue weighted by Crippen LogP contribution is 2.67. The number of carbonyl (C=O) groups is 4. The Kier molecular flexibility index (Phi) is 7.07. The number of allylic oxidation sites excluding steroid dienone is 2. The van der Waals surface area contributed by atoms with Crippen LogP contribution >= 0.6 is 0 Å². The normalized spacial score (nSPS) is 42.0. The summed E-state index contributed by atoms with van der Waals surface area (Å²) in [5.41, 5.74) is 1.91. The first-order valence-electron chi connectivity index (χ1n) is 13.5. The molecule has 0 aromatic rings. The first-order valence-corrected chi connectivity index (χ1v) is 13.5. The van der Waals surface area contributed by atoms with Crippen LogP contribution in [0.25, 0.3) is 0 Å². The molecule has 6 nitrogen and oxygen atoms in total. The zero-order valence-electron chi connectivity index (χ0n) is 22.3. The van der Waals surface area contributed by atoms with E-state index >= 15 is 0 Å². The van der Waals surface area contributed by atoms with E-state index in [0.717, 1.165) is 32.1 Å². The third-order valence-electron chi connectivity index (χ3n) is 10.4. The van der Waals surface area contributed by atoms with E-state index < -0.39 is 0 Å². The van der Waals surface area contributed by atoms with Crippen LogP contribution < -0.4 is 0 Å². The Balaban J connectivity index is 1.68. The summed E-state index contributed by atoms with van der Waals surface area (Å²) >= 11 is 0. The summed E-state index contributed by atoms with van der Waals surface area (Å²) in [5, 5.41) is 0. The average molecular weight is 487 g/mol. The van der Waals surface area contributed by atoms with Crippen molar-refractivity contribution in [2.45, 2.75) is 98.5 Å². The van der Waals surface area contributed by atoms with E-state index in [-0.39, 0.29) is 70.0 Å². The highest BCUT2D eigenvalue weighted by atomic mass is 16.5. The summed E-state index contributed by atoms with van der Waals surface area (Å²) in [4.78, 5) is 51.5. The molecule has 4 rings (SSSR count). The van der Waals surface area contributed by atoms with Crippen LogP contribution in [-0.4, -0.2) is 36.7 Å². The SMILES string of the molecule is CC[C@H]1C(=O)C2C3CC/C(=C(/C)CCC(=O)OC)[C@@]3(C)CC(=O)C2[C@@]2(C)CC[C@@H](OC(C)=O)C[C@@H]12. The van der Waals surface area contributed by atoms with Gasteiger partial charge in [-0.05, 0) is 74.5 Å². The van der Waals surface area contributed by atoms with E-state index in [4.69, 9.17) is 9.47 Å². The van der Waals surface area contributed by atoms with E-state index in [2.05, 4.69) is 27.7 Å². The number of hydrogen-bond donors (Lipinski definition) is 0. The smallest absolute Gasteiger partial charge is 0.305 e. The quantitative estimate of drug-likeness (QED) is 0.391. The first kappa shape index (κ1) is 26.1. The van der Waals surface area contributed by atoms with E-state index in [9.17, 15) is 19.2 Å². The first-order chi connectivity index (χ1) is 16.5. The van der Waals surface area contributed by atoms with Crippen LogP contribution in [0.2, 0.25) is 0 Å². The number of Topliss-reactive ketones (excluding diaryl/α,β-unsaturated/α-hetero) is 2. The lowest BCUT2D eigenvalue weighted by Crippen LogP contribution is -2.63. The Morgan fingerprint density at radius 2 is 1.77 bits per heavy atom. The second kappa shape index (κ2) is 9.48. The van der Waals surface area contributed by atoms with Crippen molar-refractivity contribution in [3.63, 3.8) is 0 Å². The molecule has 0 N–H and O–H groups in total. The number of carbonyl (C=O) groups excluding carboxylic acids is 4. The number of esters is 2. The molecule has 0 aromatic heterocycles. The molecule has 35 heavy (non-hydrogen) atoms. The summed E-state index contributed by atoms with van der Waals surface area (Å²) in [6.45, 7) is 10.0. The van der Waals surface area contributed by atoms with Crippen LogP contribution in [0.3, 0.4) is 0 Å². The zero-order chi connectivity index (χ0) is 25.7. The summed E-state index contributed by atoms with van der Waals surface area (Å²) in [6, 6.07) is 0. The van der Waals surface area contributed by atoms with Crippen LogP contribution in [0.1, 0.15) is 92.4 Å². The van der Waals surface area contributed by atoms with Crippen molar-refractivity contribution < 1.29 is 28.7 Å². The number of ether oxygens (including phenoxy) is 2. The molecule has 0 radical (unpaired) electrons. The minimum atomic E-state index is -0.315. The minimum Gasteiger partial charge on any atom is -0.469 e. The predicted molar refractivity (Wildman–Crippen MR) is 131 cm³/mol. The highest BCUT2D eigenvalue weighted by molar-refractivity contribution is 5.95. The molecule has 0 aromatic carbocycles. The van der Waals surface area contributed by atoms with Crippen molar-refractivity contribution in [1.29, 1.82) is 0 Å². The lowest BCUT2D eigenvalue weighted by Gasteiger charge is -2.60. The summed E-state index contributed by atoms with van der Waals surface area (Å²) in [5.74, 6) is -0.327. The molecule has 6 heteroatoms. The van der Waals surface area contributed by atoms with Gasteiger partial charge in [-0.3, -0.25) is 19.2 Å². The fraction of sp³-hybridized carbons (Fsp3) is 0.793. The number of rotatable bonds is 5. The van der Waals surface area contributed by atoms with Crippen molar-refractivity contribution in [2.75, 3.05) is 7.11 Å². The largest absolute Gasteiger partial charge is 0.469 e. The molecule has 4 aliphatic carbocycles. The Morgan fingerprint density at radius 1 is 1.06 bits per heavy atom. The van der Waals surface area contributed by atoms with Crippen LogP contribution in [0, 0.1) is 40.4 Å². The van der Waals surface area contributed by atoms with Gasteiger partial charge in [-0.25, -0.2) is 0 Å². The van der Waals surface area contributed by atoms with Gasteiger partial charge >= 0.3 is 11.9 Å². The summed E-state index contributed by atoms with van der Waals surface area (Å²) in [7, 11) is 1.41. The molecule has 3 unspecified atom stereocenters. The van der Waals surface area contributed by atoms with Crippen molar-refractivity contribution >= 4 is 23.5 Å². The van der Waals surface area contributed by atoms with Gasteiger partial charge in [-0.15, -0.1) is 0 Å².